The van der Waals surface area contributed by atoms with Gasteiger partial charge >= 0.3 is 0 Å². The maximum atomic E-state index is 11.8. The van der Waals surface area contributed by atoms with Crippen LogP contribution in [0.25, 0.3) is 0 Å². The van der Waals surface area contributed by atoms with Crippen LogP contribution in [0.4, 0.5) is 0 Å². The van der Waals surface area contributed by atoms with Crippen LogP contribution in [0.3, 0.4) is 0 Å². The number of fused-ring (bicyclic) bond motifs is 5. The summed E-state index contributed by atoms with van der Waals surface area (Å²) < 4.78 is 24.4. The van der Waals surface area contributed by atoms with Gasteiger partial charge in [0.25, 0.3) is 0 Å². The van der Waals surface area contributed by atoms with Gasteiger partial charge in [-0.25, -0.2) is 0 Å². The quantitative estimate of drug-likeness (QED) is 0.381. The standard InChI is InChI=1S/C25H39NO6/c1-22-7-8-25(31-11-12-32-25)13-16(22)3-4-17-18-5-6-20(23(2)29-9-10-30-23)24(18,15-26-28)14-19(27)21(17)22/h15-21,27-28H,3-14H2,1-2H3/b26-15+/t16-,17-,18-,19-,20-,21-,22+,24+/m1/s1. The number of rotatable bonds is 2. The van der Waals surface area contributed by atoms with Crippen molar-refractivity contribution in [1.82, 2.24) is 0 Å². The average molecular weight is 450 g/mol. The van der Waals surface area contributed by atoms with Crippen molar-refractivity contribution in [2.24, 2.45) is 45.6 Å². The molecule has 0 aromatic rings. The van der Waals surface area contributed by atoms with Crippen molar-refractivity contribution in [3.05, 3.63) is 0 Å². The number of hydrogen-bond donors (Lipinski definition) is 2. The van der Waals surface area contributed by atoms with Gasteiger partial charge < -0.3 is 29.3 Å². The van der Waals surface area contributed by atoms with Crippen molar-refractivity contribution in [2.75, 3.05) is 26.4 Å². The van der Waals surface area contributed by atoms with Gasteiger partial charge in [0.15, 0.2) is 11.6 Å². The summed E-state index contributed by atoms with van der Waals surface area (Å²) in [7, 11) is 0. The van der Waals surface area contributed by atoms with Gasteiger partial charge in [-0.2, -0.15) is 0 Å². The van der Waals surface area contributed by atoms with Crippen molar-refractivity contribution in [3.8, 4) is 0 Å². The van der Waals surface area contributed by atoms with Crippen molar-refractivity contribution in [3.63, 3.8) is 0 Å². The van der Waals surface area contributed by atoms with Crippen LogP contribution in [-0.2, 0) is 18.9 Å². The predicted molar refractivity (Wildman–Crippen MR) is 116 cm³/mol. The fourth-order valence-corrected chi connectivity index (χ4v) is 9.61. The van der Waals surface area contributed by atoms with Crippen molar-refractivity contribution in [2.45, 2.75) is 82.9 Å². The molecule has 8 atom stereocenters. The molecule has 7 heteroatoms. The first kappa shape index (κ1) is 21.8. The Morgan fingerprint density at radius 1 is 0.875 bits per heavy atom. The Hall–Kier alpha value is -0.730. The third-order valence-electron chi connectivity index (χ3n) is 10.8. The molecule has 2 saturated heterocycles. The molecule has 0 aromatic carbocycles. The lowest BCUT2D eigenvalue weighted by Crippen LogP contribution is -2.62. The summed E-state index contributed by atoms with van der Waals surface area (Å²) >= 11 is 0. The van der Waals surface area contributed by atoms with Gasteiger partial charge in [0.2, 0.25) is 0 Å². The van der Waals surface area contributed by atoms with E-state index >= 15 is 0 Å². The number of aliphatic hydroxyl groups is 1. The Balaban J connectivity index is 1.33. The number of nitrogens with zero attached hydrogens (tertiary/aromatic N) is 1. The molecule has 0 amide bonds. The molecule has 0 bridgehead atoms. The van der Waals surface area contributed by atoms with Crippen LogP contribution >= 0.6 is 0 Å². The Labute approximate surface area is 190 Å². The Morgan fingerprint density at radius 2 is 1.59 bits per heavy atom. The zero-order valence-corrected chi connectivity index (χ0v) is 19.5. The molecule has 1 spiro atoms. The van der Waals surface area contributed by atoms with E-state index in [2.05, 4.69) is 12.1 Å². The van der Waals surface area contributed by atoms with Crippen molar-refractivity contribution < 1.29 is 29.3 Å². The zero-order chi connectivity index (χ0) is 22.2. The van der Waals surface area contributed by atoms with Crippen molar-refractivity contribution in [1.29, 1.82) is 0 Å². The highest BCUT2D eigenvalue weighted by atomic mass is 16.7. The molecule has 0 aromatic heterocycles. The molecule has 0 radical (unpaired) electrons. The monoisotopic (exact) mass is 449 g/mol. The lowest BCUT2D eigenvalue weighted by Gasteiger charge is -2.63. The first-order valence-electron chi connectivity index (χ1n) is 12.8. The molecular weight excluding hydrogens is 410 g/mol. The molecule has 32 heavy (non-hydrogen) atoms. The van der Waals surface area contributed by atoms with Crippen LogP contribution in [0.1, 0.15) is 65.2 Å². The molecule has 4 saturated carbocycles. The van der Waals surface area contributed by atoms with Crippen LogP contribution in [0.5, 0.6) is 0 Å². The van der Waals surface area contributed by atoms with Crippen LogP contribution in [-0.4, -0.2) is 60.6 Å². The van der Waals surface area contributed by atoms with Crippen LogP contribution in [0.15, 0.2) is 5.16 Å². The van der Waals surface area contributed by atoms with Gasteiger partial charge in [0.05, 0.1) is 38.7 Å². The van der Waals surface area contributed by atoms with E-state index in [4.69, 9.17) is 18.9 Å². The highest BCUT2D eigenvalue weighted by Crippen LogP contribution is 2.69. The molecule has 2 aliphatic heterocycles. The van der Waals surface area contributed by atoms with E-state index in [1.807, 2.05) is 6.92 Å². The minimum Gasteiger partial charge on any atom is -0.411 e. The van der Waals surface area contributed by atoms with Gasteiger partial charge in [-0.15, -0.1) is 5.16 Å². The second-order valence-corrected chi connectivity index (χ2v) is 11.9. The molecule has 6 rings (SSSR count). The molecule has 6 aliphatic rings. The zero-order valence-electron chi connectivity index (χ0n) is 19.5. The Kier molecular flexibility index (Phi) is 5.02. The highest BCUT2D eigenvalue weighted by molar-refractivity contribution is 5.68. The summed E-state index contributed by atoms with van der Waals surface area (Å²) in [5, 5.41) is 25.1. The molecule has 0 unspecified atom stereocenters. The van der Waals surface area contributed by atoms with Crippen LogP contribution in [0.2, 0.25) is 0 Å². The molecule has 2 heterocycles. The van der Waals surface area contributed by atoms with Gasteiger partial charge in [-0.3, -0.25) is 0 Å². The van der Waals surface area contributed by atoms with E-state index in [1.165, 1.54) is 0 Å². The predicted octanol–water partition coefficient (Wildman–Crippen LogP) is 3.56. The van der Waals surface area contributed by atoms with E-state index < -0.39 is 11.9 Å². The lowest BCUT2D eigenvalue weighted by atomic mass is 9.43. The highest BCUT2D eigenvalue weighted by Gasteiger charge is 2.68. The summed E-state index contributed by atoms with van der Waals surface area (Å²) in [6, 6.07) is 0. The summed E-state index contributed by atoms with van der Waals surface area (Å²) in [6.45, 7) is 7.07. The maximum absolute atomic E-state index is 11.8. The van der Waals surface area contributed by atoms with Crippen LogP contribution in [0, 0.1) is 40.4 Å². The van der Waals surface area contributed by atoms with Gasteiger partial charge in [-0.1, -0.05) is 6.92 Å². The second-order valence-electron chi connectivity index (χ2n) is 11.9. The normalized spacial score (nSPS) is 51.6. The molecule has 7 nitrogen and oxygen atoms in total. The fourth-order valence-electron chi connectivity index (χ4n) is 9.61. The minimum absolute atomic E-state index is 0.0910. The third kappa shape index (κ3) is 2.87. The minimum atomic E-state index is -0.669. The van der Waals surface area contributed by atoms with Gasteiger partial charge in [0, 0.05) is 24.2 Å². The number of oxime groups is 1. The van der Waals surface area contributed by atoms with E-state index in [0.29, 0.717) is 50.6 Å². The topological polar surface area (TPSA) is 89.7 Å². The smallest absolute Gasteiger partial charge is 0.169 e. The number of ether oxygens (including phenoxy) is 4. The molecule has 4 aliphatic carbocycles. The van der Waals surface area contributed by atoms with E-state index in [-0.39, 0.29) is 28.5 Å². The van der Waals surface area contributed by atoms with Gasteiger partial charge in [0.1, 0.15) is 0 Å². The largest absolute Gasteiger partial charge is 0.411 e. The van der Waals surface area contributed by atoms with Gasteiger partial charge in [-0.05, 0) is 74.5 Å². The summed E-state index contributed by atoms with van der Waals surface area (Å²) in [5.41, 5.74) is -0.293. The SMILES string of the molecule is CC1([C@H]2CC[C@@H]3[C@H]4CC[C@@H]5CC6(CC[C@]5(C)[C@H]4[C@H](O)C[C@]32/C=N/O)OCCO6)OCCO1. The molecule has 6 fully saturated rings. The lowest BCUT2D eigenvalue weighted by molar-refractivity contribution is -0.247. The van der Waals surface area contributed by atoms with E-state index in [1.54, 1.807) is 6.21 Å². The van der Waals surface area contributed by atoms with E-state index in [9.17, 15) is 10.3 Å². The summed E-state index contributed by atoms with van der Waals surface area (Å²) in [6.07, 6.45) is 9.17. The summed E-state index contributed by atoms with van der Waals surface area (Å²) in [5.74, 6) is 0.630. The number of hydrogen-bond acceptors (Lipinski definition) is 7. The Morgan fingerprint density at radius 3 is 2.31 bits per heavy atom. The fraction of sp³-hybridized carbons (Fsp3) is 0.960. The maximum Gasteiger partial charge on any atom is 0.169 e. The number of aliphatic hydroxyl groups excluding tert-OH is 1. The molecule has 180 valence electrons. The molecule has 2 N–H and O–H groups in total. The first-order chi connectivity index (χ1) is 15.4. The summed E-state index contributed by atoms with van der Waals surface area (Å²) in [4.78, 5) is 0. The van der Waals surface area contributed by atoms with Crippen molar-refractivity contribution >= 4 is 6.21 Å². The first-order valence-corrected chi connectivity index (χ1v) is 12.8. The van der Waals surface area contributed by atoms with Crippen LogP contribution < -0.4 is 0 Å². The average Bonchev–Trinajstić information content (AvgIpc) is 3.48. The van der Waals surface area contributed by atoms with E-state index in [0.717, 1.165) is 44.9 Å². The Bertz CT molecular complexity index is 762. The second kappa shape index (κ2) is 7.38. The molecular formula is C25H39NO6. The third-order valence-corrected chi connectivity index (χ3v) is 10.8.